The Labute approximate surface area is 146 Å². The molecule has 1 aliphatic heterocycles. The van der Waals surface area contributed by atoms with Crippen molar-refractivity contribution in [3.63, 3.8) is 0 Å². The summed E-state index contributed by atoms with van der Waals surface area (Å²) >= 11 is 1.30. The van der Waals surface area contributed by atoms with Crippen LogP contribution >= 0.6 is 11.3 Å². The summed E-state index contributed by atoms with van der Waals surface area (Å²) in [5.41, 5.74) is 1.69. The summed E-state index contributed by atoms with van der Waals surface area (Å²) in [6.07, 6.45) is 6.34. The maximum atomic E-state index is 13.0. The van der Waals surface area contributed by atoms with Crippen LogP contribution in [0.25, 0.3) is 10.4 Å². The molecule has 2 aliphatic rings. The Hall–Kier alpha value is -1.44. The Morgan fingerprint density at radius 1 is 1.17 bits per heavy atom. The molecule has 0 amide bonds. The van der Waals surface area contributed by atoms with Crippen molar-refractivity contribution < 1.29 is 12.9 Å². The van der Waals surface area contributed by atoms with E-state index >= 15 is 0 Å². The van der Waals surface area contributed by atoms with Gasteiger partial charge in [-0.1, -0.05) is 17.3 Å². The van der Waals surface area contributed by atoms with E-state index < -0.39 is 10.0 Å². The van der Waals surface area contributed by atoms with Crippen molar-refractivity contribution in [2.24, 2.45) is 11.8 Å². The maximum Gasteiger partial charge on any atom is 0.252 e. The van der Waals surface area contributed by atoms with Gasteiger partial charge in [0, 0.05) is 18.0 Å². The maximum absolute atomic E-state index is 13.0. The summed E-state index contributed by atoms with van der Waals surface area (Å²) in [5, 5.41) is 3.96. The number of aromatic nitrogens is 1. The molecule has 0 unspecified atom stereocenters. The third-order valence-corrected chi connectivity index (χ3v) is 8.44. The number of allylic oxidation sites excluding steroid dienone is 2. The quantitative estimate of drug-likeness (QED) is 0.781. The van der Waals surface area contributed by atoms with Gasteiger partial charge in [0.2, 0.25) is 0 Å². The number of aryl methyl sites for hydroxylation is 2. The molecule has 0 spiro atoms. The number of thiophene rings is 1. The first kappa shape index (κ1) is 16.1. The van der Waals surface area contributed by atoms with Crippen molar-refractivity contribution in [1.29, 1.82) is 0 Å². The minimum absolute atomic E-state index is 0.407. The lowest BCUT2D eigenvalue weighted by Crippen LogP contribution is -2.28. The summed E-state index contributed by atoms with van der Waals surface area (Å²) in [7, 11) is -3.42. The second kappa shape index (κ2) is 5.82. The van der Waals surface area contributed by atoms with Gasteiger partial charge in [-0.25, -0.2) is 8.42 Å². The third kappa shape index (κ3) is 2.55. The highest BCUT2D eigenvalue weighted by molar-refractivity contribution is 7.91. The lowest BCUT2D eigenvalue weighted by atomic mass is 9.86. The second-order valence-corrected chi connectivity index (χ2v) is 9.85. The number of hydrogen-bond donors (Lipinski definition) is 0. The Kier molecular flexibility index (Phi) is 3.89. The summed E-state index contributed by atoms with van der Waals surface area (Å²) in [6, 6.07) is 3.57. The van der Waals surface area contributed by atoms with E-state index in [9.17, 15) is 8.42 Å². The van der Waals surface area contributed by atoms with Crippen molar-refractivity contribution in [3.8, 4) is 10.4 Å². The summed E-state index contributed by atoms with van der Waals surface area (Å²) < 4.78 is 33.3. The average molecular weight is 364 g/mol. The minimum atomic E-state index is -3.42. The number of nitrogens with zero attached hydrogens (tertiary/aromatic N) is 2. The molecular weight excluding hydrogens is 344 g/mol. The van der Waals surface area contributed by atoms with E-state index in [1.165, 1.54) is 11.3 Å². The van der Waals surface area contributed by atoms with Gasteiger partial charge in [0.15, 0.2) is 0 Å². The molecule has 5 nitrogen and oxygen atoms in total. The lowest BCUT2D eigenvalue weighted by Gasteiger charge is -2.18. The smallest absolute Gasteiger partial charge is 0.252 e. The highest BCUT2D eigenvalue weighted by Crippen LogP contribution is 2.39. The molecule has 1 fully saturated rings. The average Bonchev–Trinajstić information content (AvgIpc) is 3.25. The minimum Gasteiger partial charge on any atom is -0.361 e. The fourth-order valence-corrected chi connectivity index (χ4v) is 6.88. The van der Waals surface area contributed by atoms with Gasteiger partial charge in [-0.2, -0.15) is 4.31 Å². The van der Waals surface area contributed by atoms with E-state index in [2.05, 4.69) is 17.3 Å². The van der Waals surface area contributed by atoms with Crippen LogP contribution in [-0.4, -0.2) is 31.0 Å². The molecule has 0 N–H and O–H groups in total. The van der Waals surface area contributed by atoms with Crippen LogP contribution in [0.4, 0.5) is 0 Å². The van der Waals surface area contributed by atoms with Crippen molar-refractivity contribution >= 4 is 21.4 Å². The number of rotatable bonds is 3. The zero-order valence-corrected chi connectivity index (χ0v) is 15.4. The van der Waals surface area contributed by atoms with E-state index in [0.717, 1.165) is 34.7 Å². The molecule has 2 aromatic rings. The molecular formula is C17H20N2O3S2. The molecule has 0 bridgehead atoms. The molecule has 0 saturated carbocycles. The Balaban J connectivity index is 1.62. The fourth-order valence-electron chi connectivity index (χ4n) is 3.72. The van der Waals surface area contributed by atoms with E-state index in [0.29, 0.717) is 29.1 Å². The highest BCUT2D eigenvalue weighted by Gasteiger charge is 2.39. The van der Waals surface area contributed by atoms with Crippen LogP contribution in [-0.2, 0) is 10.0 Å². The molecule has 1 aliphatic carbocycles. The van der Waals surface area contributed by atoms with Crippen LogP contribution in [0.1, 0.15) is 24.3 Å². The van der Waals surface area contributed by atoms with Gasteiger partial charge in [-0.3, -0.25) is 0 Å². The van der Waals surface area contributed by atoms with Gasteiger partial charge in [0.05, 0.1) is 11.3 Å². The van der Waals surface area contributed by atoms with Crippen molar-refractivity contribution in [2.45, 2.75) is 30.9 Å². The Bertz CT molecular complexity index is 859. The van der Waals surface area contributed by atoms with Gasteiger partial charge < -0.3 is 4.52 Å². The van der Waals surface area contributed by atoms with Gasteiger partial charge >= 0.3 is 0 Å². The molecule has 24 heavy (non-hydrogen) atoms. The van der Waals surface area contributed by atoms with Crippen molar-refractivity contribution in [1.82, 2.24) is 9.46 Å². The molecule has 2 atom stereocenters. The first-order valence-corrected chi connectivity index (χ1v) is 10.4. The van der Waals surface area contributed by atoms with Crippen LogP contribution < -0.4 is 0 Å². The lowest BCUT2D eigenvalue weighted by molar-refractivity contribution is 0.393. The van der Waals surface area contributed by atoms with E-state index in [4.69, 9.17) is 4.52 Å². The van der Waals surface area contributed by atoms with Crippen molar-refractivity contribution in [2.75, 3.05) is 13.1 Å². The zero-order chi connectivity index (χ0) is 16.9. The fraction of sp³-hybridized carbons (Fsp3) is 0.471. The van der Waals surface area contributed by atoms with Crippen LogP contribution in [0.2, 0.25) is 0 Å². The molecule has 7 heteroatoms. The summed E-state index contributed by atoms with van der Waals surface area (Å²) in [4.78, 5) is 0.892. The molecule has 1 saturated heterocycles. The Morgan fingerprint density at radius 3 is 2.42 bits per heavy atom. The predicted molar refractivity (Wildman–Crippen MR) is 93.4 cm³/mol. The molecule has 128 valence electrons. The molecule has 3 heterocycles. The van der Waals surface area contributed by atoms with E-state index in [1.807, 2.05) is 19.9 Å². The third-order valence-electron chi connectivity index (χ3n) is 5.04. The molecule has 4 rings (SSSR count). The standard InChI is InChI=1S/C17H20N2O3S2/c1-11-17(12(2)22-18-11)15-7-8-16(23-15)24(20,21)19-9-13-5-3-4-6-14(13)10-19/h3-4,7-8,13-14H,5-6,9-10H2,1-2H3/t13-,14+. The van der Waals surface area contributed by atoms with Gasteiger partial charge in [0.1, 0.15) is 9.97 Å². The SMILES string of the molecule is Cc1noc(C)c1-c1ccc(S(=O)(=O)N2C[C@H]3CC=CC[C@H]3C2)s1. The van der Waals surface area contributed by atoms with Crippen LogP contribution in [0, 0.1) is 25.7 Å². The van der Waals surface area contributed by atoms with E-state index in [-0.39, 0.29) is 0 Å². The monoisotopic (exact) mass is 364 g/mol. The van der Waals surface area contributed by atoms with Crippen LogP contribution in [0.3, 0.4) is 0 Å². The van der Waals surface area contributed by atoms with Gasteiger partial charge in [-0.15, -0.1) is 11.3 Å². The van der Waals surface area contributed by atoms with Crippen molar-refractivity contribution in [3.05, 3.63) is 35.7 Å². The van der Waals surface area contributed by atoms with Crippen LogP contribution in [0.15, 0.2) is 33.0 Å². The number of hydrogen-bond acceptors (Lipinski definition) is 5. The topological polar surface area (TPSA) is 63.4 Å². The molecule has 0 aromatic carbocycles. The highest BCUT2D eigenvalue weighted by atomic mass is 32.2. The number of sulfonamides is 1. The zero-order valence-electron chi connectivity index (χ0n) is 13.7. The first-order valence-electron chi connectivity index (χ1n) is 8.15. The predicted octanol–water partition coefficient (Wildman–Crippen LogP) is 3.61. The molecule has 0 radical (unpaired) electrons. The van der Waals surface area contributed by atoms with Gasteiger partial charge in [0.25, 0.3) is 10.0 Å². The van der Waals surface area contributed by atoms with Gasteiger partial charge in [-0.05, 0) is 50.7 Å². The summed E-state index contributed by atoms with van der Waals surface area (Å²) in [6.45, 7) is 4.99. The van der Waals surface area contributed by atoms with E-state index in [1.54, 1.807) is 10.4 Å². The number of fused-ring (bicyclic) bond motifs is 1. The Morgan fingerprint density at radius 2 is 1.83 bits per heavy atom. The van der Waals surface area contributed by atoms with Crippen LogP contribution in [0.5, 0.6) is 0 Å². The first-order chi connectivity index (χ1) is 11.5. The normalized spacial score (nSPS) is 24.4. The summed E-state index contributed by atoms with van der Waals surface area (Å²) in [5.74, 6) is 1.65. The second-order valence-electron chi connectivity index (χ2n) is 6.60. The largest absolute Gasteiger partial charge is 0.361 e. The molecule has 2 aromatic heterocycles.